The molecule has 1 saturated carbocycles. The summed E-state index contributed by atoms with van der Waals surface area (Å²) in [6.45, 7) is 1.24. The smallest absolute Gasteiger partial charge is 0.337 e. The number of amides is 1. The lowest BCUT2D eigenvalue weighted by atomic mass is 9.87. The minimum atomic E-state index is -3.29. The van der Waals surface area contributed by atoms with E-state index in [-0.39, 0.29) is 29.7 Å². The van der Waals surface area contributed by atoms with Crippen LogP contribution in [0.15, 0.2) is 0 Å². The maximum absolute atomic E-state index is 12.5. The van der Waals surface area contributed by atoms with Gasteiger partial charge in [0.15, 0.2) is 0 Å². The molecular formula is C16H28NO5P. The van der Waals surface area contributed by atoms with Gasteiger partial charge >= 0.3 is 7.60 Å². The Kier molecular flexibility index (Phi) is 6.81. The number of ketones is 1. The minimum absolute atomic E-state index is 0.0817. The summed E-state index contributed by atoms with van der Waals surface area (Å²) in [7, 11) is -0.701. The van der Waals surface area contributed by atoms with Crippen molar-refractivity contribution < 1.29 is 23.2 Å². The van der Waals surface area contributed by atoms with Crippen molar-refractivity contribution in [1.29, 1.82) is 0 Å². The first-order valence-corrected chi connectivity index (χ1v) is 10.2. The third-order valence-corrected chi connectivity index (χ3v) is 6.93. The predicted octanol–water partition coefficient (Wildman–Crippen LogP) is 2.86. The van der Waals surface area contributed by atoms with Crippen LogP contribution >= 0.6 is 7.60 Å². The summed E-state index contributed by atoms with van der Waals surface area (Å²) in [4.78, 5) is 26.7. The number of piperidine rings is 1. The zero-order valence-electron chi connectivity index (χ0n) is 14.2. The molecule has 0 unspecified atom stereocenters. The highest BCUT2D eigenvalue weighted by Gasteiger charge is 2.34. The van der Waals surface area contributed by atoms with Crippen LogP contribution in [0.4, 0.5) is 0 Å². The van der Waals surface area contributed by atoms with E-state index in [1.165, 1.54) is 20.6 Å². The first-order chi connectivity index (χ1) is 11.0. The fraction of sp³-hybridized carbons (Fsp3) is 0.875. The van der Waals surface area contributed by atoms with E-state index in [9.17, 15) is 14.2 Å². The van der Waals surface area contributed by atoms with Crippen molar-refractivity contribution in [2.75, 3.05) is 33.5 Å². The van der Waals surface area contributed by atoms with Gasteiger partial charge in [0, 0.05) is 39.1 Å². The van der Waals surface area contributed by atoms with Crippen LogP contribution in [0, 0.1) is 11.8 Å². The molecule has 2 rings (SSSR count). The molecule has 0 aromatic carbocycles. The van der Waals surface area contributed by atoms with Gasteiger partial charge in [0.2, 0.25) is 5.91 Å². The average molecular weight is 345 g/mol. The summed E-state index contributed by atoms with van der Waals surface area (Å²) in [5.41, 5.74) is 0. The summed E-state index contributed by atoms with van der Waals surface area (Å²) in [6, 6.07) is 0. The molecule has 0 N–H and O–H groups in total. The fourth-order valence-corrected chi connectivity index (χ4v) is 4.60. The normalized spacial score (nSPS) is 21.4. The van der Waals surface area contributed by atoms with Crippen molar-refractivity contribution in [3.05, 3.63) is 0 Å². The molecule has 23 heavy (non-hydrogen) atoms. The third kappa shape index (κ3) is 4.88. The highest BCUT2D eigenvalue weighted by molar-refractivity contribution is 7.54. The summed E-state index contributed by atoms with van der Waals surface area (Å²) >= 11 is 0. The van der Waals surface area contributed by atoms with E-state index in [4.69, 9.17) is 9.05 Å². The van der Waals surface area contributed by atoms with Gasteiger partial charge in [0.25, 0.3) is 0 Å². The Morgan fingerprint density at radius 1 is 0.957 bits per heavy atom. The standard InChI is InChI=1S/C16H28NO5P/c1-21-23(20,22-2)12-15(18)13-8-10-17(11-9-13)16(19)14-6-4-3-5-7-14/h13-14H,3-12H2,1-2H3. The van der Waals surface area contributed by atoms with E-state index in [1.807, 2.05) is 4.90 Å². The van der Waals surface area contributed by atoms with Crippen LogP contribution in [-0.2, 0) is 23.2 Å². The monoisotopic (exact) mass is 345 g/mol. The van der Waals surface area contributed by atoms with Crippen LogP contribution < -0.4 is 0 Å². The summed E-state index contributed by atoms with van der Waals surface area (Å²) in [5, 5.41) is 0. The van der Waals surface area contributed by atoms with Crippen molar-refractivity contribution in [3.63, 3.8) is 0 Å². The van der Waals surface area contributed by atoms with Crippen molar-refractivity contribution in [2.45, 2.75) is 44.9 Å². The molecule has 6 nitrogen and oxygen atoms in total. The van der Waals surface area contributed by atoms with Gasteiger partial charge in [-0.3, -0.25) is 14.2 Å². The van der Waals surface area contributed by atoms with Crippen LogP contribution in [0.1, 0.15) is 44.9 Å². The number of hydrogen-bond acceptors (Lipinski definition) is 5. The van der Waals surface area contributed by atoms with Crippen LogP contribution in [0.25, 0.3) is 0 Å². The van der Waals surface area contributed by atoms with E-state index >= 15 is 0 Å². The van der Waals surface area contributed by atoms with E-state index in [0.717, 1.165) is 25.7 Å². The molecule has 0 aromatic rings. The van der Waals surface area contributed by atoms with Crippen LogP contribution in [0.3, 0.4) is 0 Å². The zero-order chi connectivity index (χ0) is 16.9. The molecule has 2 fully saturated rings. The lowest BCUT2D eigenvalue weighted by molar-refractivity contribution is -0.139. The molecule has 0 bridgehead atoms. The molecule has 1 saturated heterocycles. The number of carbonyl (C=O) groups is 2. The van der Waals surface area contributed by atoms with E-state index < -0.39 is 7.60 Å². The SMILES string of the molecule is COP(=O)(CC(=O)C1CCN(C(=O)C2CCCCC2)CC1)OC. The first-order valence-electron chi connectivity index (χ1n) is 8.51. The topological polar surface area (TPSA) is 72.9 Å². The second-order valence-electron chi connectivity index (χ2n) is 6.53. The summed E-state index contributed by atoms with van der Waals surface area (Å²) in [6.07, 6.45) is 6.64. The molecular weight excluding hydrogens is 317 g/mol. The van der Waals surface area contributed by atoms with Gasteiger partial charge in [-0.2, -0.15) is 0 Å². The Morgan fingerprint density at radius 2 is 1.52 bits per heavy atom. The van der Waals surface area contributed by atoms with Gasteiger partial charge in [-0.15, -0.1) is 0 Å². The summed E-state index contributed by atoms with van der Waals surface area (Å²) in [5.74, 6) is 0.207. The van der Waals surface area contributed by atoms with Gasteiger partial charge in [-0.1, -0.05) is 19.3 Å². The predicted molar refractivity (Wildman–Crippen MR) is 87.4 cm³/mol. The highest BCUT2D eigenvalue weighted by atomic mass is 31.2. The maximum atomic E-state index is 12.5. The van der Waals surface area contributed by atoms with Gasteiger partial charge in [-0.05, 0) is 25.7 Å². The highest BCUT2D eigenvalue weighted by Crippen LogP contribution is 2.47. The Balaban J connectivity index is 1.82. The van der Waals surface area contributed by atoms with Gasteiger partial charge in [0.05, 0.1) is 0 Å². The molecule has 1 aliphatic carbocycles. The number of nitrogens with zero attached hydrogens (tertiary/aromatic N) is 1. The second-order valence-corrected chi connectivity index (χ2v) is 8.80. The molecule has 2 aliphatic rings. The fourth-order valence-electron chi connectivity index (χ4n) is 3.55. The Morgan fingerprint density at radius 3 is 2.04 bits per heavy atom. The number of rotatable bonds is 6. The number of carbonyl (C=O) groups excluding carboxylic acids is 2. The van der Waals surface area contributed by atoms with E-state index in [0.29, 0.717) is 25.9 Å². The quantitative estimate of drug-likeness (QED) is 0.692. The average Bonchev–Trinajstić information content (AvgIpc) is 2.61. The molecule has 0 atom stereocenters. The Bertz CT molecular complexity index is 459. The van der Waals surface area contributed by atoms with Crippen molar-refractivity contribution in [1.82, 2.24) is 4.90 Å². The van der Waals surface area contributed by atoms with Crippen LogP contribution in [-0.4, -0.2) is 50.1 Å². The molecule has 1 heterocycles. The molecule has 0 spiro atoms. The Hall–Kier alpha value is -0.710. The van der Waals surface area contributed by atoms with Gasteiger partial charge in [0.1, 0.15) is 11.9 Å². The second kappa shape index (κ2) is 8.41. The minimum Gasteiger partial charge on any atom is -0.342 e. The molecule has 0 radical (unpaired) electrons. The van der Waals surface area contributed by atoms with Crippen molar-refractivity contribution in [3.8, 4) is 0 Å². The van der Waals surface area contributed by atoms with E-state index in [1.54, 1.807) is 0 Å². The van der Waals surface area contributed by atoms with Gasteiger partial charge in [-0.25, -0.2) is 0 Å². The Labute approximate surface area is 138 Å². The summed E-state index contributed by atoms with van der Waals surface area (Å²) < 4.78 is 21.7. The molecule has 1 aliphatic heterocycles. The largest absolute Gasteiger partial charge is 0.342 e. The third-order valence-electron chi connectivity index (χ3n) is 5.12. The maximum Gasteiger partial charge on any atom is 0.337 e. The molecule has 1 amide bonds. The lowest BCUT2D eigenvalue weighted by Crippen LogP contribution is -2.43. The van der Waals surface area contributed by atoms with E-state index in [2.05, 4.69) is 0 Å². The molecule has 132 valence electrons. The molecule has 7 heteroatoms. The molecule has 0 aromatic heterocycles. The number of likely N-dealkylation sites (tertiary alicyclic amines) is 1. The lowest BCUT2D eigenvalue weighted by Gasteiger charge is -2.35. The first kappa shape index (κ1) is 18.6. The van der Waals surface area contributed by atoms with Crippen molar-refractivity contribution >= 4 is 19.3 Å². The van der Waals surface area contributed by atoms with Crippen LogP contribution in [0.5, 0.6) is 0 Å². The van der Waals surface area contributed by atoms with Crippen LogP contribution in [0.2, 0.25) is 0 Å². The zero-order valence-corrected chi connectivity index (χ0v) is 15.1. The number of hydrogen-bond donors (Lipinski definition) is 0. The number of Topliss-reactive ketones (excluding diaryl/α,β-unsaturated/α-hetero) is 1. The van der Waals surface area contributed by atoms with Gasteiger partial charge < -0.3 is 13.9 Å². The van der Waals surface area contributed by atoms with Crippen molar-refractivity contribution in [2.24, 2.45) is 11.8 Å².